The first-order valence-corrected chi connectivity index (χ1v) is 8.49. The molecule has 0 saturated carbocycles. The van der Waals surface area contributed by atoms with Gasteiger partial charge in [0.25, 0.3) is 5.91 Å². The van der Waals surface area contributed by atoms with Gasteiger partial charge < -0.3 is 14.2 Å². The van der Waals surface area contributed by atoms with Crippen LogP contribution in [-0.4, -0.2) is 45.1 Å². The van der Waals surface area contributed by atoms with Gasteiger partial charge in [0.2, 0.25) is 0 Å². The molecule has 0 N–H and O–H groups in total. The van der Waals surface area contributed by atoms with E-state index in [2.05, 4.69) is 15.1 Å². The maximum absolute atomic E-state index is 12.7. The van der Waals surface area contributed by atoms with E-state index in [4.69, 9.17) is 20.9 Å². The Hall–Kier alpha value is -2.15. The molecule has 2 aromatic heterocycles. The molecule has 7 nitrogen and oxygen atoms in total. The zero-order valence-electron chi connectivity index (χ0n) is 13.1. The van der Waals surface area contributed by atoms with E-state index in [1.54, 1.807) is 4.90 Å². The van der Waals surface area contributed by atoms with Gasteiger partial charge in [0, 0.05) is 24.9 Å². The fourth-order valence-electron chi connectivity index (χ4n) is 3.22. The minimum absolute atomic E-state index is 0.0787. The van der Waals surface area contributed by atoms with Crippen LogP contribution in [0.4, 0.5) is 0 Å². The first kappa shape index (κ1) is 15.4. The molecule has 0 bridgehead atoms. The van der Waals surface area contributed by atoms with Gasteiger partial charge in [0.1, 0.15) is 11.9 Å². The number of aromatic nitrogens is 3. The van der Waals surface area contributed by atoms with Gasteiger partial charge in [-0.2, -0.15) is 0 Å². The predicted molar refractivity (Wildman–Crippen MR) is 85.1 cm³/mol. The number of rotatable bonds is 3. The molecule has 1 atom stereocenters. The van der Waals surface area contributed by atoms with Crippen molar-refractivity contribution in [1.29, 1.82) is 0 Å². The number of likely N-dealkylation sites (tertiary alicyclic amines) is 1. The number of fused-ring (bicyclic) bond motifs is 1. The number of hydrogen-bond donors (Lipinski definition) is 0. The molecule has 24 heavy (non-hydrogen) atoms. The maximum Gasteiger partial charge on any atom is 0.316 e. The van der Waals surface area contributed by atoms with Gasteiger partial charge >= 0.3 is 6.01 Å². The molecule has 1 unspecified atom stereocenters. The molecule has 0 radical (unpaired) electrons. The van der Waals surface area contributed by atoms with Crippen LogP contribution in [0, 0.1) is 0 Å². The van der Waals surface area contributed by atoms with Gasteiger partial charge in [-0.25, -0.2) is 9.97 Å². The monoisotopic (exact) mass is 348 g/mol. The van der Waals surface area contributed by atoms with E-state index in [0.717, 1.165) is 43.4 Å². The normalized spacial score (nSPS) is 20.0. The lowest BCUT2D eigenvalue weighted by atomic mass is 9.96. The number of aryl methyl sites for hydroxylation is 1. The van der Waals surface area contributed by atoms with Crippen LogP contribution in [0.1, 0.15) is 41.1 Å². The molecule has 1 amide bonds. The van der Waals surface area contributed by atoms with E-state index in [9.17, 15) is 4.79 Å². The minimum atomic E-state index is -0.127. The molecule has 1 saturated heterocycles. The van der Waals surface area contributed by atoms with E-state index < -0.39 is 0 Å². The second-order valence-electron chi connectivity index (χ2n) is 6.10. The summed E-state index contributed by atoms with van der Waals surface area (Å²) in [6.45, 7) is 1.12. The summed E-state index contributed by atoms with van der Waals surface area (Å²) in [7, 11) is 0. The lowest BCUT2D eigenvalue weighted by Crippen LogP contribution is -2.32. The van der Waals surface area contributed by atoms with Gasteiger partial charge in [-0.15, -0.1) is 0 Å². The highest BCUT2D eigenvalue weighted by atomic mass is 35.5. The third kappa shape index (κ3) is 2.96. The van der Waals surface area contributed by atoms with Crippen molar-refractivity contribution in [2.45, 2.75) is 38.2 Å². The first-order chi connectivity index (χ1) is 11.7. The predicted octanol–water partition coefficient (Wildman–Crippen LogP) is 2.29. The molecular formula is C16H17ClN4O3. The van der Waals surface area contributed by atoms with Crippen molar-refractivity contribution in [3.05, 3.63) is 34.4 Å². The Morgan fingerprint density at radius 3 is 2.92 bits per heavy atom. The van der Waals surface area contributed by atoms with E-state index in [1.807, 2.05) is 0 Å². The summed E-state index contributed by atoms with van der Waals surface area (Å²) < 4.78 is 11.1. The highest BCUT2D eigenvalue weighted by molar-refractivity contribution is 6.30. The number of carbonyl (C=O) groups excluding carboxylic acids is 1. The Morgan fingerprint density at radius 1 is 1.29 bits per heavy atom. The zero-order valence-corrected chi connectivity index (χ0v) is 13.8. The lowest BCUT2D eigenvalue weighted by Gasteiger charge is -2.16. The quantitative estimate of drug-likeness (QED) is 0.846. The molecule has 1 aliphatic heterocycles. The summed E-state index contributed by atoms with van der Waals surface area (Å²) in [4.78, 5) is 22.5. The number of ether oxygens (including phenoxy) is 1. The van der Waals surface area contributed by atoms with Crippen LogP contribution < -0.4 is 4.74 Å². The lowest BCUT2D eigenvalue weighted by molar-refractivity contribution is 0.0758. The molecular weight excluding hydrogens is 332 g/mol. The third-order valence-corrected chi connectivity index (χ3v) is 4.65. The Kier molecular flexibility index (Phi) is 4.10. The third-order valence-electron chi connectivity index (χ3n) is 4.45. The van der Waals surface area contributed by atoms with Crippen LogP contribution >= 0.6 is 11.6 Å². The van der Waals surface area contributed by atoms with Crippen molar-refractivity contribution in [1.82, 2.24) is 20.0 Å². The van der Waals surface area contributed by atoms with Gasteiger partial charge in [-0.3, -0.25) is 4.79 Å². The summed E-state index contributed by atoms with van der Waals surface area (Å²) >= 11 is 5.76. The van der Waals surface area contributed by atoms with Crippen LogP contribution in [0.3, 0.4) is 0 Å². The number of hydrogen-bond acceptors (Lipinski definition) is 6. The molecule has 126 valence electrons. The van der Waals surface area contributed by atoms with Crippen LogP contribution in [-0.2, 0) is 12.8 Å². The second-order valence-corrected chi connectivity index (χ2v) is 6.54. The number of amides is 1. The number of nitrogens with zero attached hydrogens (tertiary/aromatic N) is 4. The largest absolute Gasteiger partial charge is 0.458 e. The summed E-state index contributed by atoms with van der Waals surface area (Å²) in [5, 5.41) is 4.47. The second kappa shape index (κ2) is 6.39. The molecule has 4 rings (SSSR count). The molecule has 0 spiro atoms. The fourth-order valence-corrected chi connectivity index (χ4v) is 3.32. The van der Waals surface area contributed by atoms with Crippen molar-refractivity contribution >= 4 is 17.5 Å². The summed E-state index contributed by atoms with van der Waals surface area (Å²) in [5.41, 5.74) is 1.45. The van der Waals surface area contributed by atoms with Crippen LogP contribution in [0.5, 0.6) is 6.01 Å². The van der Waals surface area contributed by atoms with Gasteiger partial charge in [-0.1, -0.05) is 16.8 Å². The van der Waals surface area contributed by atoms with Crippen molar-refractivity contribution in [3.8, 4) is 6.01 Å². The number of carbonyl (C=O) groups is 1. The Morgan fingerprint density at radius 2 is 2.08 bits per heavy atom. The zero-order chi connectivity index (χ0) is 16.5. The van der Waals surface area contributed by atoms with Crippen molar-refractivity contribution in [2.75, 3.05) is 13.1 Å². The summed E-state index contributed by atoms with van der Waals surface area (Å²) in [6, 6.07) is 0.275. The fraction of sp³-hybridized carbons (Fsp3) is 0.500. The Labute approximate surface area is 144 Å². The average molecular weight is 349 g/mol. The van der Waals surface area contributed by atoms with Gasteiger partial charge in [0.05, 0.1) is 24.0 Å². The van der Waals surface area contributed by atoms with E-state index in [1.165, 1.54) is 12.4 Å². The highest BCUT2D eigenvalue weighted by Gasteiger charge is 2.33. The molecule has 1 fully saturated rings. The van der Waals surface area contributed by atoms with E-state index in [-0.39, 0.29) is 18.0 Å². The van der Waals surface area contributed by atoms with Crippen molar-refractivity contribution < 1.29 is 14.1 Å². The summed E-state index contributed by atoms with van der Waals surface area (Å²) in [6.07, 6.45) is 7.49. The van der Waals surface area contributed by atoms with Crippen LogP contribution in [0.15, 0.2) is 16.9 Å². The highest BCUT2D eigenvalue weighted by Crippen LogP contribution is 2.26. The number of halogens is 1. The van der Waals surface area contributed by atoms with Crippen molar-refractivity contribution in [2.24, 2.45) is 0 Å². The van der Waals surface area contributed by atoms with Crippen molar-refractivity contribution in [3.63, 3.8) is 0 Å². The van der Waals surface area contributed by atoms with Crippen LogP contribution in [0.25, 0.3) is 0 Å². The van der Waals surface area contributed by atoms with E-state index >= 15 is 0 Å². The molecule has 2 aromatic rings. The smallest absolute Gasteiger partial charge is 0.316 e. The standard InChI is InChI=1S/C16H17ClN4O3/c17-10-7-18-16(19-8-10)23-11-5-6-21(9-11)15(22)14-12-3-1-2-4-13(12)24-20-14/h7-8,11H,1-6,9H2. The maximum atomic E-state index is 12.7. The topological polar surface area (TPSA) is 81.4 Å². The SMILES string of the molecule is O=C(c1noc2c1CCCC2)N1CCC(Oc2ncc(Cl)cn2)C1. The molecule has 8 heteroatoms. The average Bonchev–Trinajstić information content (AvgIpc) is 3.23. The first-order valence-electron chi connectivity index (χ1n) is 8.11. The van der Waals surface area contributed by atoms with Gasteiger partial charge in [0.15, 0.2) is 5.69 Å². The van der Waals surface area contributed by atoms with Crippen LogP contribution in [0.2, 0.25) is 5.02 Å². The van der Waals surface area contributed by atoms with E-state index in [0.29, 0.717) is 23.8 Å². The molecule has 0 aromatic carbocycles. The Bertz CT molecular complexity index is 746. The van der Waals surface area contributed by atoms with Gasteiger partial charge in [-0.05, 0) is 19.3 Å². The Balaban J connectivity index is 1.42. The summed E-state index contributed by atoms with van der Waals surface area (Å²) in [5.74, 6) is 0.788. The molecule has 2 aliphatic rings. The molecule has 1 aliphatic carbocycles. The molecule has 3 heterocycles. The minimum Gasteiger partial charge on any atom is -0.458 e.